The molecule has 4 rings (SSSR count). The van der Waals surface area contributed by atoms with Crippen LogP contribution in [0, 0.1) is 29.1 Å². The van der Waals surface area contributed by atoms with E-state index in [4.69, 9.17) is 4.74 Å². The van der Waals surface area contributed by atoms with Gasteiger partial charge in [-0.15, -0.1) is 0 Å². The van der Waals surface area contributed by atoms with Crippen molar-refractivity contribution >= 4 is 0 Å². The summed E-state index contributed by atoms with van der Waals surface area (Å²) in [6.07, 6.45) is 10.4. The van der Waals surface area contributed by atoms with Crippen LogP contribution in [-0.4, -0.2) is 18.3 Å². The summed E-state index contributed by atoms with van der Waals surface area (Å²) in [5, 5.41) is 10.5. The maximum absolute atomic E-state index is 10.5. The fraction of sp³-hybridized carbons (Fsp3) is 0.800. The maximum atomic E-state index is 10.5. The van der Waals surface area contributed by atoms with Gasteiger partial charge in [-0.3, -0.25) is 0 Å². The molecule has 0 aromatic carbocycles. The van der Waals surface area contributed by atoms with Crippen molar-refractivity contribution in [1.29, 1.82) is 0 Å². The highest BCUT2D eigenvalue weighted by Crippen LogP contribution is 2.62. The van der Waals surface area contributed by atoms with Gasteiger partial charge in [0.25, 0.3) is 0 Å². The Labute approximate surface area is 134 Å². The van der Waals surface area contributed by atoms with Gasteiger partial charge in [0.1, 0.15) is 0 Å². The van der Waals surface area contributed by atoms with Gasteiger partial charge in [0, 0.05) is 6.42 Å². The Balaban J connectivity index is 1.66. The van der Waals surface area contributed by atoms with E-state index in [0.29, 0.717) is 0 Å². The smallest absolute Gasteiger partial charge is 0.0959 e. The molecule has 0 aliphatic heterocycles. The highest BCUT2D eigenvalue weighted by atomic mass is 16.5. The summed E-state index contributed by atoms with van der Waals surface area (Å²) in [4.78, 5) is 0. The zero-order valence-corrected chi connectivity index (χ0v) is 14.3. The summed E-state index contributed by atoms with van der Waals surface area (Å²) in [5.41, 5.74) is 3.61. The molecule has 4 aliphatic rings. The topological polar surface area (TPSA) is 29.5 Å². The Morgan fingerprint density at radius 3 is 2.86 bits per heavy atom. The number of hydrogen-bond donors (Lipinski definition) is 1. The average molecular weight is 302 g/mol. The second-order valence-corrected chi connectivity index (χ2v) is 8.49. The Morgan fingerprint density at radius 1 is 1.27 bits per heavy atom. The predicted molar refractivity (Wildman–Crippen MR) is 88.2 cm³/mol. The number of fused-ring (bicyclic) bond motifs is 4. The van der Waals surface area contributed by atoms with E-state index in [9.17, 15) is 5.11 Å². The maximum Gasteiger partial charge on any atom is 0.0959 e. The first-order valence-electron chi connectivity index (χ1n) is 9.16. The molecule has 2 fully saturated rings. The molecule has 22 heavy (non-hydrogen) atoms. The lowest BCUT2D eigenvalue weighted by Crippen LogP contribution is -2.47. The van der Waals surface area contributed by atoms with Crippen molar-refractivity contribution in [2.24, 2.45) is 29.1 Å². The third-order valence-corrected chi connectivity index (χ3v) is 7.61. The first kappa shape index (κ1) is 14.8. The molecule has 0 heterocycles. The Morgan fingerprint density at radius 2 is 2.09 bits per heavy atom. The largest absolute Gasteiger partial charge is 0.501 e. The van der Waals surface area contributed by atoms with Crippen molar-refractivity contribution in [3.05, 3.63) is 23.0 Å². The van der Waals surface area contributed by atoms with E-state index in [2.05, 4.69) is 19.9 Å². The molecule has 0 spiro atoms. The Kier molecular flexibility index (Phi) is 3.45. The van der Waals surface area contributed by atoms with Gasteiger partial charge in [-0.05, 0) is 73.7 Å². The van der Waals surface area contributed by atoms with Crippen LogP contribution in [0.3, 0.4) is 0 Å². The van der Waals surface area contributed by atoms with E-state index in [1.807, 2.05) is 0 Å². The minimum Gasteiger partial charge on any atom is -0.501 e. The minimum absolute atomic E-state index is 0.0626. The molecule has 0 aromatic rings. The van der Waals surface area contributed by atoms with Crippen LogP contribution >= 0.6 is 0 Å². The fourth-order valence-corrected chi connectivity index (χ4v) is 6.43. The monoisotopic (exact) mass is 302 g/mol. The summed E-state index contributed by atoms with van der Waals surface area (Å²) in [6.45, 7) is 4.83. The van der Waals surface area contributed by atoms with Gasteiger partial charge in [-0.25, -0.2) is 0 Å². The summed E-state index contributed by atoms with van der Waals surface area (Å²) in [6, 6.07) is 0. The molecule has 2 nitrogen and oxygen atoms in total. The van der Waals surface area contributed by atoms with Gasteiger partial charge in [-0.1, -0.05) is 25.0 Å². The lowest BCUT2D eigenvalue weighted by Gasteiger charge is -2.53. The normalized spacial score (nSPS) is 47.5. The molecule has 2 heteroatoms. The van der Waals surface area contributed by atoms with Crippen LogP contribution in [-0.2, 0) is 4.74 Å². The van der Waals surface area contributed by atoms with E-state index >= 15 is 0 Å². The van der Waals surface area contributed by atoms with Crippen LogP contribution in [0.25, 0.3) is 0 Å². The molecule has 0 radical (unpaired) electrons. The van der Waals surface area contributed by atoms with Gasteiger partial charge in [-0.2, -0.15) is 0 Å². The zero-order chi connectivity index (χ0) is 15.5. The van der Waals surface area contributed by atoms with Crippen LogP contribution in [0.1, 0.15) is 58.8 Å². The van der Waals surface area contributed by atoms with E-state index in [0.717, 1.165) is 42.9 Å². The lowest BCUT2D eigenvalue weighted by atomic mass is 9.52. The molecule has 1 N–H and O–H groups in total. The van der Waals surface area contributed by atoms with Crippen LogP contribution in [0.5, 0.6) is 0 Å². The third-order valence-electron chi connectivity index (χ3n) is 7.61. The summed E-state index contributed by atoms with van der Waals surface area (Å²) in [7, 11) is 1.80. The van der Waals surface area contributed by atoms with Gasteiger partial charge in [0.15, 0.2) is 0 Å². The molecule has 122 valence electrons. The summed E-state index contributed by atoms with van der Waals surface area (Å²) in [5.74, 6) is 4.23. The van der Waals surface area contributed by atoms with Gasteiger partial charge < -0.3 is 9.84 Å². The molecule has 0 saturated heterocycles. The van der Waals surface area contributed by atoms with E-state index in [1.54, 1.807) is 18.3 Å². The first-order valence-corrected chi connectivity index (χ1v) is 9.16. The highest BCUT2D eigenvalue weighted by molar-refractivity contribution is 5.33. The second kappa shape index (κ2) is 5.12. The van der Waals surface area contributed by atoms with Crippen LogP contribution in [0.4, 0.5) is 0 Å². The second-order valence-electron chi connectivity index (χ2n) is 8.49. The van der Waals surface area contributed by atoms with E-state index < -0.39 is 0 Å². The van der Waals surface area contributed by atoms with Crippen LogP contribution in [0.2, 0.25) is 0 Å². The zero-order valence-electron chi connectivity index (χ0n) is 14.3. The highest BCUT2D eigenvalue weighted by Gasteiger charge is 2.56. The van der Waals surface area contributed by atoms with Crippen molar-refractivity contribution in [3.8, 4) is 0 Å². The number of ether oxygens (including phenoxy) is 1. The standard InChI is InChI=1S/C20H30O2/c1-12-10-13-11-14(22-3)4-5-15(13)16-8-9-20(2)17(19(12)16)6-7-18(20)21/h4,12,16-19,21H,5-11H2,1-3H3/t12?,16?,17?,18-,19?,20-/m0/s1. The number of rotatable bonds is 1. The Hall–Kier alpha value is -0.760. The van der Waals surface area contributed by atoms with Crippen molar-refractivity contribution < 1.29 is 9.84 Å². The molecule has 0 aromatic heterocycles. The number of allylic oxidation sites excluding steroid dienone is 3. The molecule has 2 saturated carbocycles. The van der Waals surface area contributed by atoms with Crippen LogP contribution in [0.15, 0.2) is 23.0 Å². The van der Waals surface area contributed by atoms with Crippen molar-refractivity contribution in [2.45, 2.75) is 64.9 Å². The Bertz CT molecular complexity index is 532. The molecular formula is C20H30O2. The van der Waals surface area contributed by atoms with Crippen LogP contribution < -0.4 is 0 Å². The van der Waals surface area contributed by atoms with E-state index in [-0.39, 0.29) is 11.5 Å². The van der Waals surface area contributed by atoms with Gasteiger partial charge in [0.05, 0.1) is 19.0 Å². The summed E-state index contributed by atoms with van der Waals surface area (Å²) >= 11 is 0. The molecular weight excluding hydrogens is 272 g/mol. The molecule has 0 amide bonds. The van der Waals surface area contributed by atoms with E-state index in [1.165, 1.54) is 31.4 Å². The number of aliphatic hydroxyl groups is 1. The molecule has 4 unspecified atom stereocenters. The minimum atomic E-state index is -0.0626. The van der Waals surface area contributed by atoms with Gasteiger partial charge >= 0.3 is 0 Å². The quantitative estimate of drug-likeness (QED) is 0.725. The van der Waals surface area contributed by atoms with Crippen molar-refractivity contribution in [1.82, 2.24) is 0 Å². The van der Waals surface area contributed by atoms with Crippen molar-refractivity contribution in [3.63, 3.8) is 0 Å². The first-order chi connectivity index (χ1) is 10.5. The number of hydrogen-bond acceptors (Lipinski definition) is 2. The fourth-order valence-electron chi connectivity index (χ4n) is 6.43. The van der Waals surface area contributed by atoms with Crippen molar-refractivity contribution in [2.75, 3.05) is 7.11 Å². The lowest BCUT2D eigenvalue weighted by molar-refractivity contribution is -0.0454. The summed E-state index contributed by atoms with van der Waals surface area (Å²) < 4.78 is 5.50. The number of aliphatic hydroxyl groups excluding tert-OH is 1. The third kappa shape index (κ3) is 1.95. The molecule has 0 bridgehead atoms. The van der Waals surface area contributed by atoms with Gasteiger partial charge in [0.2, 0.25) is 0 Å². The SMILES string of the molecule is COC1=CCC2=C(C1)CC(C)C1C2CC[C@@]2(C)C1CC[C@@H]2O. The molecule has 4 aliphatic carbocycles. The average Bonchev–Trinajstić information content (AvgIpc) is 2.82. The predicted octanol–water partition coefficient (Wildman–Crippen LogP) is 4.45. The molecule has 6 atom stereocenters. The number of methoxy groups -OCH3 is 1.